The molecule has 0 bridgehead atoms. The maximum absolute atomic E-state index is 12.2. The van der Waals surface area contributed by atoms with Crippen molar-refractivity contribution < 1.29 is 4.79 Å². The summed E-state index contributed by atoms with van der Waals surface area (Å²) >= 11 is 3.46. The summed E-state index contributed by atoms with van der Waals surface area (Å²) in [6.45, 7) is 7.59. The fourth-order valence-corrected chi connectivity index (χ4v) is 2.56. The number of benzene rings is 1. The van der Waals surface area contributed by atoms with Gasteiger partial charge in [-0.05, 0) is 43.7 Å². The summed E-state index contributed by atoms with van der Waals surface area (Å²) in [6.07, 6.45) is 1.07. The van der Waals surface area contributed by atoms with Gasteiger partial charge < -0.3 is 10.6 Å². The van der Waals surface area contributed by atoms with E-state index in [1.54, 1.807) is 0 Å². The summed E-state index contributed by atoms with van der Waals surface area (Å²) in [4.78, 5) is 14.4. The molecule has 0 aromatic heterocycles. The molecule has 5 heteroatoms. The number of anilines is 1. The Bertz CT molecular complexity index is 474. The fourth-order valence-electron chi connectivity index (χ4n) is 2.32. The molecule has 0 saturated carbocycles. The van der Waals surface area contributed by atoms with Crippen molar-refractivity contribution in [3.63, 3.8) is 0 Å². The average Bonchev–Trinajstić information content (AvgIpc) is 2.32. The SMILES string of the molecule is CCCN(CC(=O)Nc1ccc(Br)c(C)c1)C1CNC1. The Morgan fingerprint density at radius 1 is 1.50 bits per heavy atom. The predicted molar refractivity (Wildman–Crippen MR) is 86.0 cm³/mol. The molecule has 1 amide bonds. The maximum Gasteiger partial charge on any atom is 0.238 e. The van der Waals surface area contributed by atoms with E-state index in [9.17, 15) is 4.79 Å². The Morgan fingerprint density at radius 3 is 2.80 bits per heavy atom. The third kappa shape index (κ3) is 4.04. The largest absolute Gasteiger partial charge is 0.325 e. The zero-order chi connectivity index (χ0) is 14.5. The number of aryl methyl sites for hydroxylation is 1. The van der Waals surface area contributed by atoms with Gasteiger partial charge >= 0.3 is 0 Å². The zero-order valence-electron chi connectivity index (χ0n) is 12.1. The molecule has 0 atom stereocenters. The van der Waals surface area contributed by atoms with E-state index in [-0.39, 0.29) is 5.91 Å². The maximum atomic E-state index is 12.2. The van der Waals surface area contributed by atoms with E-state index in [2.05, 4.69) is 38.4 Å². The molecule has 2 N–H and O–H groups in total. The van der Waals surface area contributed by atoms with Crippen LogP contribution in [0.5, 0.6) is 0 Å². The van der Waals surface area contributed by atoms with Crippen molar-refractivity contribution in [2.24, 2.45) is 0 Å². The molecule has 1 aliphatic rings. The molecule has 0 aliphatic carbocycles. The van der Waals surface area contributed by atoms with Crippen LogP contribution in [0.4, 0.5) is 5.69 Å². The Kier molecular flexibility index (Phi) is 5.57. The lowest BCUT2D eigenvalue weighted by molar-refractivity contribution is -0.118. The van der Waals surface area contributed by atoms with Gasteiger partial charge in [0.2, 0.25) is 5.91 Å². The molecular formula is C15H22BrN3O. The van der Waals surface area contributed by atoms with Gasteiger partial charge in [-0.25, -0.2) is 0 Å². The highest BCUT2D eigenvalue weighted by atomic mass is 79.9. The standard InChI is InChI=1S/C15H22BrN3O/c1-3-6-19(13-8-17-9-13)10-15(20)18-12-4-5-14(16)11(2)7-12/h4-5,7,13,17H,3,6,8-10H2,1-2H3,(H,18,20). The molecule has 1 fully saturated rings. The molecule has 4 nitrogen and oxygen atoms in total. The minimum absolute atomic E-state index is 0.0621. The van der Waals surface area contributed by atoms with Crippen molar-refractivity contribution in [1.29, 1.82) is 0 Å². The quantitative estimate of drug-likeness (QED) is 0.836. The molecular weight excluding hydrogens is 318 g/mol. The van der Waals surface area contributed by atoms with E-state index in [4.69, 9.17) is 0 Å². The summed E-state index contributed by atoms with van der Waals surface area (Å²) in [7, 11) is 0. The second-order valence-corrected chi connectivity index (χ2v) is 6.15. The lowest BCUT2D eigenvalue weighted by Crippen LogP contribution is -2.58. The molecule has 1 saturated heterocycles. The Balaban J connectivity index is 1.91. The number of hydrogen-bond acceptors (Lipinski definition) is 3. The van der Waals surface area contributed by atoms with Crippen LogP contribution in [0.3, 0.4) is 0 Å². The molecule has 0 unspecified atom stereocenters. The van der Waals surface area contributed by atoms with Crippen molar-refractivity contribution >= 4 is 27.5 Å². The van der Waals surface area contributed by atoms with Gasteiger partial charge in [-0.2, -0.15) is 0 Å². The number of nitrogens with zero attached hydrogens (tertiary/aromatic N) is 1. The van der Waals surface area contributed by atoms with E-state index in [0.717, 1.165) is 41.8 Å². The molecule has 1 heterocycles. The number of hydrogen-bond donors (Lipinski definition) is 2. The third-order valence-corrected chi connectivity index (χ3v) is 4.47. The molecule has 110 valence electrons. The van der Waals surface area contributed by atoms with Crippen LogP contribution in [0, 0.1) is 6.92 Å². The summed E-state index contributed by atoms with van der Waals surface area (Å²) in [6, 6.07) is 6.37. The molecule has 2 rings (SSSR count). The van der Waals surface area contributed by atoms with E-state index in [0.29, 0.717) is 12.6 Å². The number of rotatable bonds is 6. The van der Waals surface area contributed by atoms with Crippen LogP contribution in [0.1, 0.15) is 18.9 Å². The van der Waals surface area contributed by atoms with Crippen LogP contribution in [0.2, 0.25) is 0 Å². The molecule has 1 aromatic rings. The number of amides is 1. The van der Waals surface area contributed by atoms with Crippen molar-refractivity contribution in [3.8, 4) is 0 Å². The molecule has 20 heavy (non-hydrogen) atoms. The van der Waals surface area contributed by atoms with Crippen LogP contribution >= 0.6 is 15.9 Å². The van der Waals surface area contributed by atoms with Gasteiger partial charge in [-0.1, -0.05) is 22.9 Å². The van der Waals surface area contributed by atoms with Crippen molar-refractivity contribution in [1.82, 2.24) is 10.2 Å². The van der Waals surface area contributed by atoms with E-state index in [1.807, 2.05) is 25.1 Å². The molecule has 1 aliphatic heterocycles. The highest BCUT2D eigenvalue weighted by molar-refractivity contribution is 9.10. The average molecular weight is 340 g/mol. The van der Waals surface area contributed by atoms with Crippen molar-refractivity contribution in [3.05, 3.63) is 28.2 Å². The summed E-state index contributed by atoms with van der Waals surface area (Å²) in [5.74, 6) is 0.0621. The highest BCUT2D eigenvalue weighted by Crippen LogP contribution is 2.20. The van der Waals surface area contributed by atoms with Crippen molar-refractivity contribution in [2.45, 2.75) is 26.3 Å². The second-order valence-electron chi connectivity index (χ2n) is 5.29. The lowest BCUT2D eigenvalue weighted by Gasteiger charge is -2.37. The number of carbonyl (C=O) groups is 1. The first-order valence-electron chi connectivity index (χ1n) is 7.11. The first kappa shape index (κ1) is 15.5. The van der Waals surface area contributed by atoms with Gasteiger partial charge in [0.15, 0.2) is 0 Å². The summed E-state index contributed by atoms with van der Waals surface area (Å²) in [5.41, 5.74) is 1.98. The summed E-state index contributed by atoms with van der Waals surface area (Å²) in [5, 5.41) is 6.24. The van der Waals surface area contributed by atoms with Crippen LogP contribution in [-0.4, -0.2) is 43.0 Å². The zero-order valence-corrected chi connectivity index (χ0v) is 13.7. The van der Waals surface area contributed by atoms with Crippen LogP contribution in [-0.2, 0) is 4.79 Å². The monoisotopic (exact) mass is 339 g/mol. The highest BCUT2D eigenvalue weighted by Gasteiger charge is 2.25. The first-order valence-corrected chi connectivity index (χ1v) is 7.90. The minimum Gasteiger partial charge on any atom is -0.325 e. The number of halogens is 1. The number of nitrogens with one attached hydrogen (secondary N) is 2. The number of carbonyl (C=O) groups excluding carboxylic acids is 1. The fraction of sp³-hybridized carbons (Fsp3) is 0.533. The van der Waals surface area contributed by atoms with Crippen LogP contribution in [0.15, 0.2) is 22.7 Å². The summed E-state index contributed by atoms with van der Waals surface area (Å²) < 4.78 is 1.06. The van der Waals surface area contributed by atoms with E-state index >= 15 is 0 Å². The first-order chi connectivity index (χ1) is 9.60. The topological polar surface area (TPSA) is 44.4 Å². The van der Waals surface area contributed by atoms with Crippen LogP contribution in [0.25, 0.3) is 0 Å². The van der Waals surface area contributed by atoms with Gasteiger partial charge in [0.1, 0.15) is 0 Å². The van der Waals surface area contributed by atoms with E-state index < -0.39 is 0 Å². The third-order valence-electron chi connectivity index (χ3n) is 3.58. The normalized spacial score (nSPS) is 15.2. The minimum atomic E-state index is 0.0621. The van der Waals surface area contributed by atoms with Gasteiger partial charge in [0.25, 0.3) is 0 Å². The van der Waals surface area contributed by atoms with Gasteiger partial charge in [0, 0.05) is 29.3 Å². The van der Waals surface area contributed by atoms with Gasteiger partial charge in [0.05, 0.1) is 6.54 Å². The molecule has 1 aromatic carbocycles. The van der Waals surface area contributed by atoms with Gasteiger partial charge in [-0.3, -0.25) is 9.69 Å². The molecule has 0 spiro atoms. The molecule has 0 radical (unpaired) electrons. The van der Waals surface area contributed by atoms with E-state index in [1.165, 1.54) is 0 Å². The predicted octanol–water partition coefficient (Wildman–Crippen LogP) is 2.38. The Hall–Kier alpha value is -0.910. The smallest absolute Gasteiger partial charge is 0.238 e. The lowest BCUT2D eigenvalue weighted by atomic mass is 10.1. The second kappa shape index (κ2) is 7.20. The Labute approximate surface area is 129 Å². The van der Waals surface area contributed by atoms with Crippen molar-refractivity contribution in [2.75, 3.05) is 31.5 Å². The Morgan fingerprint density at radius 2 is 2.25 bits per heavy atom. The van der Waals surface area contributed by atoms with Crippen LogP contribution < -0.4 is 10.6 Å². The van der Waals surface area contributed by atoms with Gasteiger partial charge in [-0.15, -0.1) is 0 Å².